The van der Waals surface area contributed by atoms with Crippen molar-refractivity contribution in [2.45, 2.75) is 0 Å². The second-order valence-electron chi connectivity index (χ2n) is 3.85. The molecule has 1 aromatic heterocycles. The molecule has 18 heavy (non-hydrogen) atoms. The van der Waals surface area contributed by atoms with E-state index in [9.17, 15) is 4.39 Å². The van der Waals surface area contributed by atoms with Crippen molar-refractivity contribution in [1.82, 2.24) is 9.97 Å². The molecule has 3 rings (SSSR count). The third kappa shape index (κ3) is 1.88. The van der Waals surface area contributed by atoms with Crippen molar-refractivity contribution in [2.24, 2.45) is 0 Å². The Bertz CT molecular complexity index is 683. The van der Waals surface area contributed by atoms with Gasteiger partial charge in [0, 0.05) is 11.1 Å². The average molecular weight is 239 g/mol. The number of fused-ring (bicyclic) bond motifs is 1. The fourth-order valence-corrected chi connectivity index (χ4v) is 1.81. The van der Waals surface area contributed by atoms with Crippen molar-refractivity contribution in [2.75, 3.05) is 5.32 Å². The quantitative estimate of drug-likeness (QED) is 0.743. The summed E-state index contributed by atoms with van der Waals surface area (Å²) in [6, 6.07) is 14.5. The average Bonchev–Trinajstić information content (AvgIpc) is 2.41. The van der Waals surface area contributed by atoms with Crippen LogP contribution in [0.4, 0.5) is 15.9 Å². The molecule has 4 heteroatoms. The summed E-state index contributed by atoms with van der Waals surface area (Å²) in [7, 11) is 0. The molecule has 0 unspecified atom stereocenters. The van der Waals surface area contributed by atoms with Gasteiger partial charge in [0.05, 0.1) is 0 Å². The predicted octanol–water partition coefficient (Wildman–Crippen LogP) is 3.51. The number of halogens is 1. The molecule has 1 N–H and O–H groups in total. The van der Waals surface area contributed by atoms with Crippen LogP contribution in [0.1, 0.15) is 0 Å². The number of hydrogen-bond acceptors (Lipinski definition) is 3. The number of rotatable bonds is 2. The van der Waals surface area contributed by atoms with Crippen molar-refractivity contribution < 1.29 is 4.39 Å². The van der Waals surface area contributed by atoms with Crippen LogP contribution in [0.25, 0.3) is 10.9 Å². The van der Waals surface area contributed by atoms with Gasteiger partial charge >= 0.3 is 0 Å². The summed E-state index contributed by atoms with van der Waals surface area (Å²) in [6.45, 7) is 0. The molecule has 0 aliphatic carbocycles. The predicted molar refractivity (Wildman–Crippen MR) is 69.2 cm³/mol. The number of para-hydroxylation sites is 2. The van der Waals surface area contributed by atoms with Gasteiger partial charge in [-0.15, -0.1) is 0 Å². The van der Waals surface area contributed by atoms with Gasteiger partial charge in [-0.2, -0.15) is 0 Å². The molecule has 0 aliphatic heterocycles. The molecule has 0 spiro atoms. The van der Waals surface area contributed by atoms with Gasteiger partial charge in [-0.05, 0) is 24.3 Å². The van der Waals surface area contributed by atoms with E-state index >= 15 is 0 Å². The van der Waals surface area contributed by atoms with E-state index < -0.39 is 0 Å². The second kappa shape index (κ2) is 4.41. The summed E-state index contributed by atoms with van der Waals surface area (Å²) in [5.74, 6) is 0.261. The van der Waals surface area contributed by atoms with Crippen LogP contribution in [0.5, 0.6) is 0 Å². The topological polar surface area (TPSA) is 37.8 Å². The first-order valence-corrected chi connectivity index (χ1v) is 5.56. The van der Waals surface area contributed by atoms with E-state index in [-0.39, 0.29) is 5.82 Å². The van der Waals surface area contributed by atoms with Crippen molar-refractivity contribution >= 4 is 22.4 Å². The molecule has 0 radical (unpaired) electrons. The Morgan fingerprint density at radius 3 is 2.56 bits per heavy atom. The van der Waals surface area contributed by atoms with E-state index in [4.69, 9.17) is 0 Å². The number of benzene rings is 2. The molecule has 0 saturated carbocycles. The van der Waals surface area contributed by atoms with Crippen LogP contribution in [-0.2, 0) is 0 Å². The van der Waals surface area contributed by atoms with Crippen LogP contribution < -0.4 is 5.32 Å². The maximum Gasteiger partial charge on any atom is 0.149 e. The monoisotopic (exact) mass is 239 g/mol. The summed E-state index contributed by atoms with van der Waals surface area (Å²) in [4.78, 5) is 8.11. The van der Waals surface area contributed by atoms with Crippen molar-refractivity contribution in [3.8, 4) is 0 Å². The number of anilines is 2. The summed E-state index contributed by atoms with van der Waals surface area (Å²) in [6.07, 6.45) is 1.36. The third-order valence-electron chi connectivity index (χ3n) is 2.65. The highest BCUT2D eigenvalue weighted by atomic mass is 19.1. The lowest BCUT2D eigenvalue weighted by Gasteiger charge is -2.08. The summed E-state index contributed by atoms with van der Waals surface area (Å²) < 4.78 is 13.6. The van der Waals surface area contributed by atoms with Gasteiger partial charge in [0.15, 0.2) is 0 Å². The van der Waals surface area contributed by atoms with E-state index in [1.807, 2.05) is 30.3 Å². The van der Waals surface area contributed by atoms with Crippen LogP contribution in [0.2, 0.25) is 0 Å². The molecular formula is C14H10FN3. The van der Waals surface area contributed by atoms with Gasteiger partial charge in [-0.25, -0.2) is 14.4 Å². The molecule has 0 fully saturated rings. The maximum atomic E-state index is 13.6. The van der Waals surface area contributed by atoms with E-state index in [0.717, 1.165) is 5.69 Å². The van der Waals surface area contributed by atoms with Crippen molar-refractivity contribution in [1.29, 1.82) is 0 Å². The van der Waals surface area contributed by atoms with Gasteiger partial charge < -0.3 is 5.32 Å². The SMILES string of the molecule is Fc1cccc2c(Nc3ccccc3)ncnc12. The van der Waals surface area contributed by atoms with E-state index in [1.54, 1.807) is 12.1 Å². The number of hydrogen-bond donors (Lipinski definition) is 1. The standard InChI is InChI=1S/C14H10FN3/c15-12-8-4-7-11-13(12)16-9-17-14(11)18-10-5-2-1-3-6-10/h1-9H,(H,16,17,18). The van der Waals surface area contributed by atoms with E-state index in [0.29, 0.717) is 16.7 Å². The smallest absolute Gasteiger partial charge is 0.149 e. The highest BCUT2D eigenvalue weighted by Gasteiger charge is 2.06. The Hall–Kier alpha value is -2.49. The Kier molecular flexibility index (Phi) is 2.61. The van der Waals surface area contributed by atoms with Crippen LogP contribution >= 0.6 is 0 Å². The van der Waals surface area contributed by atoms with Crippen molar-refractivity contribution in [3.63, 3.8) is 0 Å². The number of nitrogens with one attached hydrogen (secondary N) is 1. The number of aromatic nitrogens is 2. The fraction of sp³-hybridized carbons (Fsp3) is 0. The molecule has 2 aromatic carbocycles. The summed E-state index contributed by atoms with van der Waals surface area (Å²) in [5, 5.41) is 3.82. The lowest BCUT2D eigenvalue weighted by molar-refractivity contribution is 0.636. The molecule has 0 saturated heterocycles. The minimum atomic E-state index is -0.342. The van der Waals surface area contributed by atoms with Crippen LogP contribution in [0.15, 0.2) is 54.9 Å². The van der Waals surface area contributed by atoms with Gasteiger partial charge in [-0.1, -0.05) is 24.3 Å². The van der Waals surface area contributed by atoms with Gasteiger partial charge in [0.25, 0.3) is 0 Å². The zero-order chi connectivity index (χ0) is 12.4. The summed E-state index contributed by atoms with van der Waals surface area (Å²) in [5.41, 5.74) is 1.23. The van der Waals surface area contributed by atoms with Crippen LogP contribution in [0, 0.1) is 5.82 Å². The Labute approximate surface area is 103 Å². The van der Waals surface area contributed by atoms with E-state index in [1.165, 1.54) is 12.4 Å². The summed E-state index contributed by atoms with van der Waals surface area (Å²) >= 11 is 0. The molecule has 1 heterocycles. The Balaban J connectivity index is 2.10. The fourth-order valence-electron chi connectivity index (χ4n) is 1.81. The maximum absolute atomic E-state index is 13.6. The zero-order valence-corrected chi connectivity index (χ0v) is 9.47. The van der Waals surface area contributed by atoms with Crippen LogP contribution in [-0.4, -0.2) is 9.97 Å². The third-order valence-corrected chi connectivity index (χ3v) is 2.65. The zero-order valence-electron chi connectivity index (χ0n) is 9.47. The molecule has 88 valence electrons. The van der Waals surface area contributed by atoms with Gasteiger partial charge in [-0.3, -0.25) is 0 Å². The van der Waals surface area contributed by atoms with Crippen LogP contribution in [0.3, 0.4) is 0 Å². The molecule has 0 atom stereocenters. The molecule has 0 bridgehead atoms. The first-order chi connectivity index (χ1) is 8.84. The lowest BCUT2D eigenvalue weighted by Crippen LogP contribution is -1.96. The number of nitrogens with zero attached hydrogens (tertiary/aromatic N) is 2. The van der Waals surface area contributed by atoms with E-state index in [2.05, 4.69) is 15.3 Å². The first kappa shape index (κ1) is 10.7. The van der Waals surface area contributed by atoms with Gasteiger partial charge in [0.2, 0.25) is 0 Å². The normalized spacial score (nSPS) is 10.5. The highest BCUT2D eigenvalue weighted by Crippen LogP contribution is 2.23. The minimum Gasteiger partial charge on any atom is -0.340 e. The lowest BCUT2D eigenvalue weighted by atomic mass is 10.2. The van der Waals surface area contributed by atoms with Crippen molar-refractivity contribution in [3.05, 3.63) is 60.7 Å². The Morgan fingerprint density at radius 1 is 0.889 bits per heavy atom. The largest absolute Gasteiger partial charge is 0.340 e. The molecule has 0 amide bonds. The minimum absolute atomic E-state index is 0.325. The first-order valence-electron chi connectivity index (χ1n) is 5.56. The highest BCUT2D eigenvalue weighted by molar-refractivity contribution is 5.90. The molecule has 3 aromatic rings. The molecule has 0 aliphatic rings. The molecular weight excluding hydrogens is 229 g/mol. The second-order valence-corrected chi connectivity index (χ2v) is 3.85. The molecule has 3 nitrogen and oxygen atoms in total. The van der Waals surface area contributed by atoms with Gasteiger partial charge in [0.1, 0.15) is 23.5 Å². The Morgan fingerprint density at radius 2 is 1.72 bits per heavy atom.